The van der Waals surface area contributed by atoms with Gasteiger partial charge in [-0.1, -0.05) is 0 Å². The predicted molar refractivity (Wildman–Crippen MR) is 90.6 cm³/mol. The van der Waals surface area contributed by atoms with Crippen molar-refractivity contribution in [2.24, 2.45) is 5.92 Å². The first-order valence-electron chi connectivity index (χ1n) is 8.11. The van der Waals surface area contributed by atoms with Gasteiger partial charge in [0.05, 0.1) is 18.1 Å². The SMILES string of the molecule is CCOC(=O)c1ccc(NC(=O)C2CC(=O)N(C(C)(C)C)C2)cc1. The molecule has 2 amide bonds. The third kappa shape index (κ3) is 4.13. The van der Waals surface area contributed by atoms with Crippen molar-refractivity contribution in [2.45, 2.75) is 39.7 Å². The van der Waals surface area contributed by atoms with E-state index < -0.39 is 5.97 Å². The van der Waals surface area contributed by atoms with E-state index in [9.17, 15) is 14.4 Å². The summed E-state index contributed by atoms with van der Waals surface area (Å²) in [4.78, 5) is 37.8. The fourth-order valence-electron chi connectivity index (χ4n) is 2.68. The van der Waals surface area contributed by atoms with Crippen molar-refractivity contribution in [3.63, 3.8) is 0 Å². The van der Waals surface area contributed by atoms with Gasteiger partial charge in [0, 0.05) is 24.2 Å². The van der Waals surface area contributed by atoms with Crippen molar-refractivity contribution in [2.75, 3.05) is 18.5 Å². The molecule has 1 heterocycles. The molecule has 0 bridgehead atoms. The average molecular weight is 332 g/mol. The monoisotopic (exact) mass is 332 g/mol. The van der Waals surface area contributed by atoms with E-state index in [2.05, 4.69) is 5.32 Å². The number of carbonyl (C=O) groups is 3. The first-order chi connectivity index (χ1) is 11.2. The standard InChI is InChI=1S/C18H24N2O4/c1-5-24-17(23)12-6-8-14(9-7-12)19-16(22)13-10-15(21)20(11-13)18(2,3)4/h6-9,13H,5,10-11H2,1-4H3,(H,19,22). The van der Waals surface area contributed by atoms with Gasteiger partial charge in [0.1, 0.15) is 0 Å². The summed E-state index contributed by atoms with van der Waals surface area (Å²) in [5, 5.41) is 2.80. The van der Waals surface area contributed by atoms with E-state index in [1.807, 2.05) is 20.8 Å². The van der Waals surface area contributed by atoms with Crippen LogP contribution in [-0.4, -0.2) is 41.4 Å². The van der Waals surface area contributed by atoms with Crippen LogP contribution in [0.1, 0.15) is 44.5 Å². The summed E-state index contributed by atoms with van der Waals surface area (Å²) in [7, 11) is 0. The summed E-state index contributed by atoms with van der Waals surface area (Å²) in [5.74, 6) is -0.932. The molecule has 130 valence electrons. The van der Waals surface area contributed by atoms with Gasteiger partial charge < -0.3 is 15.0 Å². The van der Waals surface area contributed by atoms with Crippen LogP contribution >= 0.6 is 0 Å². The Kier molecular flexibility index (Phi) is 5.26. The maximum Gasteiger partial charge on any atom is 0.338 e. The van der Waals surface area contributed by atoms with E-state index in [1.165, 1.54) is 0 Å². The smallest absolute Gasteiger partial charge is 0.338 e. The molecule has 1 N–H and O–H groups in total. The maximum absolute atomic E-state index is 12.4. The second-order valence-corrected chi connectivity index (χ2v) is 6.86. The normalized spacial score (nSPS) is 17.8. The molecule has 1 aliphatic heterocycles. The summed E-state index contributed by atoms with van der Waals surface area (Å²) in [6.07, 6.45) is 0.226. The molecule has 0 spiro atoms. The van der Waals surface area contributed by atoms with Crippen LogP contribution in [0.5, 0.6) is 0 Å². The number of likely N-dealkylation sites (tertiary alicyclic amines) is 1. The maximum atomic E-state index is 12.4. The second-order valence-electron chi connectivity index (χ2n) is 6.86. The van der Waals surface area contributed by atoms with Crippen molar-refractivity contribution < 1.29 is 19.1 Å². The minimum absolute atomic E-state index is 0.000286. The fraction of sp³-hybridized carbons (Fsp3) is 0.500. The minimum Gasteiger partial charge on any atom is -0.462 e. The first-order valence-corrected chi connectivity index (χ1v) is 8.11. The Hall–Kier alpha value is -2.37. The van der Waals surface area contributed by atoms with Crippen molar-refractivity contribution in [1.29, 1.82) is 0 Å². The molecule has 1 atom stereocenters. The number of nitrogens with one attached hydrogen (secondary N) is 1. The Morgan fingerprint density at radius 2 is 1.88 bits per heavy atom. The summed E-state index contributed by atoms with van der Waals surface area (Å²) in [6, 6.07) is 6.52. The number of benzene rings is 1. The van der Waals surface area contributed by atoms with Crippen LogP contribution in [0.25, 0.3) is 0 Å². The Bertz CT molecular complexity index is 631. The molecule has 6 heteroatoms. The lowest BCUT2D eigenvalue weighted by Gasteiger charge is -2.31. The van der Waals surface area contributed by atoms with Crippen molar-refractivity contribution in [3.05, 3.63) is 29.8 Å². The molecular formula is C18H24N2O4. The van der Waals surface area contributed by atoms with Crippen LogP contribution in [0.15, 0.2) is 24.3 Å². The number of ether oxygens (including phenoxy) is 1. The number of carbonyl (C=O) groups excluding carboxylic acids is 3. The third-order valence-electron chi connectivity index (χ3n) is 3.97. The average Bonchev–Trinajstić information content (AvgIpc) is 2.90. The van der Waals surface area contributed by atoms with Gasteiger partial charge in [0.15, 0.2) is 0 Å². The van der Waals surface area contributed by atoms with Crippen molar-refractivity contribution >= 4 is 23.5 Å². The fourth-order valence-corrected chi connectivity index (χ4v) is 2.68. The Balaban J connectivity index is 1.98. The lowest BCUT2D eigenvalue weighted by atomic mass is 10.1. The highest BCUT2D eigenvalue weighted by molar-refractivity contribution is 5.98. The molecule has 24 heavy (non-hydrogen) atoms. The molecule has 0 aromatic heterocycles. The zero-order valence-corrected chi connectivity index (χ0v) is 14.6. The van der Waals surface area contributed by atoms with Gasteiger partial charge in [-0.25, -0.2) is 4.79 Å². The molecule has 1 fully saturated rings. The number of esters is 1. The largest absolute Gasteiger partial charge is 0.462 e. The molecule has 0 radical (unpaired) electrons. The van der Waals surface area contributed by atoms with Crippen LogP contribution in [0.2, 0.25) is 0 Å². The lowest BCUT2D eigenvalue weighted by Crippen LogP contribution is -2.42. The predicted octanol–water partition coefficient (Wildman–Crippen LogP) is 2.45. The van der Waals surface area contributed by atoms with Gasteiger partial charge in [-0.3, -0.25) is 9.59 Å². The zero-order chi connectivity index (χ0) is 17.9. The molecule has 1 saturated heterocycles. The number of hydrogen-bond acceptors (Lipinski definition) is 4. The highest BCUT2D eigenvalue weighted by Crippen LogP contribution is 2.26. The van der Waals surface area contributed by atoms with Gasteiger partial charge in [-0.2, -0.15) is 0 Å². The summed E-state index contributed by atoms with van der Waals surface area (Å²) in [5.41, 5.74) is 0.743. The molecule has 1 aromatic rings. The summed E-state index contributed by atoms with van der Waals surface area (Å²) >= 11 is 0. The van der Waals surface area contributed by atoms with Crippen LogP contribution in [0, 0.1) is 5.92 Å². The van der Waals surface area contributed by atoms with Gasteiger partial charge >= 0.3 is 5.97 Å². The molecule has 0 aliphatic carbocycles. The summed E-state index contributed by atoms with van der Waals surface area (Å²) < 4.78 is 4.92. The zero-order valence-electron chi connectivity index (χ0n) is 14.6. The second kappa shape index (κ2) is 7.03. The van der Waals surface area contributed by atoms with E-state index >= 15 is 0 Å². The number of rotatable bonds is 4. The molecule has 1 aliphatic rings. The minimum atomic E-state index is -0.391. The lowest BCUT2D eigenvalue weighted by molar-refractivity contribution is -0.131. The van der Waals surface area contributed by atoms with Crippen molar-refractivity contribution in [1.82, 2.24) is 4.90 Å². The van der Waals surface area contributed by atoms with Gasteiger partial charge in [-0.15, -0.1) is 0 Å². The van der Waals surface area contributed by atoms with Gasteiger partial charge in [-0.05, 0) is 52.0 Å². The van der Waals surface area contributed by atoms with Crippen LogP contribution in [0.3, 0.4) is 0 Å². The number of hydrogen-bond donors (Lipinski definition) is 1. The van der Waals surface area contributed by atoms with E-state index in [0.29, 0.717) is 24.4 Å². The highest BCUT2D eigenvalue weighted by atomic mass is 16.5. The third-order valence-corrected chi connectivity index (χ3v) is 3.97. The van der Waals surface area contributed by atoms with E-state index in [4.69, 9.17) is 4.74 Å². The van der Waals surface area contributed by atoms with Gasteiger partial charge in [0.2, 0.25) is 11.8 Å². The van der Waals surface area contributed by atoms with E-state index in [0.717, 1.165) is 0 Å². The molecule has 0 saturated carbocycles. The Morgan fingerprint density at radius 3 is 2.38 bits per heavy atom. The first kappa shape index (κ1) is 18.0. The van der Waals surface area contributed by atoms with Gasteiger partial charge in [0.25, 0.3) is 0 Å². The molecule has 6 nitrogen and oxygen atoms in total. The number of anilines is 1. The Labute approximate surface area is 142 Å². The quantitative estimate of drug-likeness (QED) is 0.859. The topological polar surface area (TPSA) is 75.7 Å². The Morgan fingerprint density at radius 1 is 1.25 bits per heavy atom. The van der Waals surface area contributed by atoms with Crippen LogP contribution in [-0.2, 0) is 14.3 Å². The molecule has 2 rings (SSSR count). The highest BCUT2D eigenvalue weighted by Gasteiger charge is 2.39. The van der Waals surface area contributed by atoms with Crippen LogP contribution in [0.4, 0.5) is 5.69 Å². The summed E-state index contributed by atoms with van der Waals surface area (Å²) in [6.45, 7) is 8.36. The van der Waals surface area contributed by atoms with Crippen LogP contribution < -0.4 is 5.32 Å². The van der Waals surface area contributed by atoms with E-state index in [-0.39, 0.29) is 29.7 Å². The van der Waals surface area contributed by atoms with E-state index in [1.54, 1.807) is 36.1 Å². The molecule has 1 unspecified atom stereocenters. The molecule has 1 aromatic carbocycles. The molecular weight excluding hydrogens is 308 g/mol. The number of nitrogens with zero attached hydrogens (tertiary/aromatic N) is 1. The number of amides is 2. The van der Waals surface area contributed by atoms with Crippen molar-refractivity contribution in [3.8, 4) is 0 Å².